The lowest BCUT2D eigenvalue weighted by Gasteiger charge is -2.13. The Labute approximate surface area is 177 Å². The molecule has 0 radical (unpaired) electrons. The minimum Gasteiger partial charge on any atom is -0.491 e. The first-order valence-corrected chi connectivity index (χ1v) is 11.4. The van der Waals surface area contributed by atoms with Gasteiger partial charge in [-0.05, 0) is 74.7 Å². The van der Waals surface area contributed by atoms with E-state index in [2.05, 4.69) is 10.0 Å². The molecule has 3 rings (SSSR count). The summed E-state index contributed by atoms with van der Waals surface area (Å²) in [6.45, 7) is 5.18. The maximum Gasteiger partial charge on any atom is 0.251 e. The van der Waals surface area contributed by atoms with Crippen LogP contribution in [0.5, 0.6) is 5.75 Å². The molecular formula is C22H28N2O5S. The third-order valence-electron chi connectivity index (χ3n) is 5.28. The Bertz CT molecular complexity index is 997. The van der Waals surface area contributed by atoms with E-state index in [9.17, 15) is 13.2 Å². The molecular weight excluding hydrogens is 404 g/mol. The van der Waals surface area contributed by atoms with Crippen LogP contribution < -0.4 is 14.8 Å². The van der Waals surface area contributed by atoms with Crippen LogP contribution in [0.1, 0.15) is 39.9 Å². The fraction of sp³-hybridized carbons (Fsp3) is 0.409. The zero-order chi connectivity index (χ0) is 21.7. The van der Waals surface area contributed by atoms with Crippen molar-refractivity contribution in [2.24, 2.45) is 0 Å². The number of nitrogens with one attached hydrogen (secondary N) is 2. The lowest BCUT2D eigenvalue weighted by Crippen LogP contribution is -2.25. The lowest BCUT2D eigenvalue weighted by molar-refractivity contribution is 0.0679. The molecule has 162 valence electrons. The van der Waals surface area contributed by atoms with E-state index in [1.54, 1.807) is 19.9 Å². The Balaban J connectivity index is 1.61. The summed E-state index contributed by atoms with van der Waals surface area (Å²) in [6, 6.07) is 10.6. The van der Waals surface area contributed by atoms with Gasteiger partial charge >= 0.3 is 0 Å². The van der Waals surface area contributed by atoms with Crippen molar-refractivity contribution in [3.8, 4) is 5.75 Å². The Morgan fingerprint density at radius 2 is 1.93 bits per heavy atom. The third kappa shape index (κ3) is 5.38. The summed E-state index contributed by atoms with van der Waals surface area (Å²) < 4.78 is 38.1. The number of aryl methyl sites for hydroxylation is 1. The minimum atomic E-state index is -3.64. The molecule has 1 atom stereocenters. The van der Waals surface area contributed by atoms with E-state index >= 15 is 0 Å². The van der Waals surface area contributed by atoms with E-state index in [-0.39, 0.29) is 16.9 Å². The second-order valence-electron chi connectivity index (χ2n) is 7.40. The smallest absolute Gasteiger partial charge is 0.251 e. The van der Waals surface area contributed by atoms with Gasteiger partial charge in [0.2, 0.25) is 10.0 Å². The van der Waals surface area contributed by atoms with Crippen LogP contribution in [-0.2, 0) is 21.3 Å². The molecule has 0 spiro atoms. The van der Waals surface area contributed by atoms with Crippen LogP contribution in [0.25, 0.3) is 0 Å². The first kappa shape index (κ1) is 22.3. The van der Waals surface area contributed by atoms with Crippen LogP contribution in [0.3, 0.4) is 0 Å². The summed E-state index contributed by atoms with van der Waals surface area (Å²) in [7, 11) is -2.29. The quantitative estimate of drug-likeness (QED) is 0.669. The molecule has 0 bridgehead atoms. The Morgan fingerprint density at radius 1 is 1.20 bits per heavy atom. The van der Waals surface area contributed by atoms with E-state index < -0.39 is 10.0 Å². The molecule has 0 saturated carbocycles. The van der Waals surface area contributed by atoms with Gasteiger partial charge in [0, 0.05) is 18.7 Å². The van der Waals surface area contributed by atoms with E-state index in [1.165, 1.54) is 13.1 Å². The second-order valence-corrected chi connectivity index (χ2v) is 9.25. The molecule has 1 aliphatic heterocycles. The van der Waals surface area contributed by atoms with Crippen molar-refractivity contribution in [2.75, 3.05) is 20.3 Å². The summed E-state index contributed by atoms with van der Waals surface area (Å²) in [5.74, 6) is 0.431. The number of benzene rings is 2. The molecule has 0 aromatic heterocycles. The van der Waals surface area contributed by atoms with Crippen LogP contribution in [0, 0.1) is 13.8 Å². The Hall–Kier alpha value is -2.42. The second kappa shape index (κ2) is 9.59. The Morgan fingerprint density at radius 3 is 2.57 bits per heavy atom. The molecule has 0 aliphatic carbocycles. The number of sulfonamides is 1. The van der Waals surface area contributed by atoms with Crippen molar-refractivity contribution < 1.29 is 22.7 Å². The van der Waals surface area contributed by atoms with E-state index in [0.29, 0.717) is 24.3 Å². The Kier molecular flexibility index (Phi) is 7.12. The SMILES string of the molecule is CNS(=O)(=O)c1cc(C(=O)NCc2ccc(OCC3CCCO3)cc2)cc(C)c1C. The molecule has 1 amide bonds. The summed E-state index contributed by atoms with van der Waals surface area (Å²) in [5.41, 5.74) is 2.59. The number of rotatable bonds is 8. The van der Waals surface area contributed by atoms with Gasteiger partial charge in [0.25, 0.3) is 5.91 Å². The van der Waals surface area contributed by atoms with Crippen LogP contribution in [0.2, 0.25) is 0 Å². The third-order valence-corrected chi connectivity index (χ3v) is 6.82. The fourth-order valence-electron chi connectivity index (χ4n) is 3.30. The lowest BCUT2D eigenvalue weighted by atomic mass is 10.1. The number of carbonyl (C=O) groups is 1. The largest absolute Gasteiger partial charge is 0.491 e. The molecule has 1 saturated heterocycles. The molecule has 2 N–H and O–H groups in total. The molecule has 1 heterocycles. The molecule has 1 unspecified atom stereocenters. The summed E-state index contributed by atoms with van der Waals surface area (Å²) in [4.78, 5) is 12.7. The van der Waals surface area contributed by atoms with Crippen molar-refractivity contribution in [1.29, 1.82) is 0 Å². The highest BCUT2D eigenvalue weighted by molar-refractivity contribution is 7.89. The van der Waals surface area contributed by atoms with Crippen molar-refractivity contribution >= 4 is 15.9 Å². The molecule has 2 aromatic carbocycles. The van der Waals surface area contributed by atoms with Gasteiger partial charge in [-0.2, -0.15) is 0 Å². The van der Waals surface area contributed by atoms with Gasteiger partial charge in [0.15, 0.2) is 0 Å². The predicted octanol–water partition coefficient (Wildman–Crippen LogP) is 2.70. The van der Waals surface area contributed by atoms with Crippen molar-refractivity contribution in [1.82, 2.24) is 10.0 Å². The van der Waals surface area contributed by atoms with Gasteiger partial charge in [-0.15, -0.1) is 0 Å². The van der Waals surface area contributed by atoms with Gasteiger partial charge in [-0.1, -0.05) is 12.1 Å². The number of carbonyl (C=O) groups excluding carboxylic acids is 1. The first-order chi connectivity index (χ1) is 14.3. The van der Waals surface area contributed by atoms with Crippen molar-refractivity contribution in [3.05, 3.63) is 58.7 Å². The van der Waals surface area contributed by atoms with Crippen LogP contribution >= 0.6 is 0 Å². The van der Waals surface area contributed by atoms with Crippen LogP contribution in [-0.4, -0.2) is 40.7 Å². The molecule has 8 heteroatoms. The van der Waals surface area contributed by atoms with Gasteiger partial charge in [0.05, 0.1) is 11.0 Å². The molecule has 1 fully saturated rings. The van der Waals surface area contributed by atoms with E-state index in [4.69, 9.17) is 9.47 Å². The molecule has 7 nitrogen and oxygen atoms in total. The van der Waals surface area contributed by atoms with Gasteiger partial charge in [-0.3, -0.25) is 4.79 Å². The average Bonchev–Trinajstić information content (AvgIpc) is 3.26. The molecule has 30 heavy (non-hydrogen) atoms. The fourth-order valence-corrected chi connectivity index (χ4v) is 4.37. The summed E-state index contributed by atoms with van der Waals surface area (Å²) in [6.07, 6.45) is 2.27. The molecule has 1 aliphatic rings. The monoisotopic (exact) mass is 432 g/mol. The van der Waals surface area contributed by atoms with Crippen LogP contribution in [0.4, 0.5) is 0 Å². The predicted molar refractivity (Wildman–Crippen MR) is 114 cm³/mol. The van der Waals surface area contributed by atoms with E-state index in [1.807, 2.05) is 24.3 Å². The van der Waals surface area contributed by atoms with Crippen LogP contribution in [0.15, 0.2) is 41.3 Å². The zero-order valence-electron chi connectivity index (χ0n) is 17.5. The summed E-state index contributed by atoms with van der Waals surface area (Å²) >= 11 is 0. The highest BCUT2D eigenvalue weighted by Gasteiger charge is 2.19. The first-order valence-electron chi connectivity index (χ1n) is 9.96. The van der Waals surface area contributed by atoms with Gasteiger partial charge in [-0.25, -0.2) is 13.1 Å². The number of ether oxygens (including phenoxy) is 2. The maximum atomic E-state index is 12.6. The summed E-state index contributed by atoms with van der Waals surface area (Å²) in [5, 5.41) is 2.84. The standard InChI is InChI=1S/C22H28N2O5S/c1-15-11-18(12-21(16(15)2)30(26,27)23-3)22(25)24-13-17-6-8-19(9-7-17)29-14-20-5-4-10-28-20/h6-9,11-12,20,23H,4-5,10,13-14H2,1-3H3,(H,24,25). The number of hydrogen-bond donors (Lipinski definition) is 2. The highest BCUT2D eigenvalue weighted by atomic mass is 32.2. The molecule has 2 aromatic rings. The van der Waals surface area contributed by atoms with Gasteiger partial charge in [0.1, 0.15) is 12.4 Å². The van der Waals surface area contributed by atoms with E-state index in [0.717, 1.165) is 36.3 Å². The number of hydrogen-bond acceptors (Lipinski definition) is 5. The normalized spacial score (nSPS) is 16.4. The topological polar surface area (TPSA) is 93.7 Å². The van der Waals surface area contributed by atoms with Crippen molar-refractivity contribution in [3.63, 3.8) is 0 Å². The number of amides is 1. The minimum absolute atomic E-state index is 0.114. The zero-order valence-corrected chi connectivity index (χ0v) is 18.3. The van der Waals surface area contributed by atoms with Gasteiger partial charge < -0.3 is 14.8 Å². The maximum absolute atomic E-state index is 12.6. The average molecular weight is 433 g/mol. The van der Waals surface area contributed by atoms with Crippen molar-refractivity contribution in [2.45, 2.75) is 44.2 Å². The highest BCUT2D eigenvalue weighted by Crippen LogP contribution is 2.21.